The summed E-state index contributed by atoms with van der Waals surface area (Å²) in [7, 11) is 0. The van der Waals surface area contributed by atoms with Gasteiger partial charge < -0.3 is 5.73 Å². The fourth-order valence-electron chi connectivity index (χ4n) is 2.17. The van der Waals surface area contributed by atoms with E-state index < -0.39 is 0 Å². The summed E-state index contributed by atoms with van der Waals surface area (Å²) in [5.74, 6) is 0.665. The highest BCUT2D eigenvalue weighted by molar-refractivity contribution is 5.37. The van der Waals surface area contributed by atoms with E-state index in [2.05, 4.69) is 44.2 Å². The molecule has 2 aliphatic carbocycles. The van der Waals surface area contributed by atoms with Crippen LogP contribution in [0.25, 0.3) is 0 Å². The molecular formula is C12H17N. The van der Waals surface area contributed by atoms with Crippen LogP contribution < -0.4 is 5.73 Å². The highest BCUT2D eigenvalue weighted by Gasteiger charge is 2.35. The van der Waals surface area contributed by atoms with Crippen molar-refractivity contribution < 1.29 is 0 Å². The van der Waals surface area contributed by atoms with E-state index in [-0.39, 0.29) is 11.5 Å². The predicted octanol–water partition coefficient (Wildman–Crippen LogP) is 2.41. The fraction of sp³-hybridized carbons (Fsp3) is 0.500. The molecule has 0 aromatic carbocycles. The van der Waals surface area contributed by atoms with E-state index in [9.17, 15) is 0 Å². The third-order valence-electron chi connectivity index (χ3n) is 3.31. The third kappa shape index (κ3) is 1.28. The van der Waals surface area contributed by atoms with Gasteiger partial charge in [-0.15, -0.1) is 0 Å². The molecule has 0 aliphatic heterocycles. The first-order chi connectivity index (χ1) is 6.13. The van der Waals surface area contributed by atoms with E-state index in [4.69, 9.17) is 5.73 Å². The van der Waals surface area contributed by atoms with Crippen LogP contribution in [0.5, 0.6) is 0 Å². The van der Waals surface area contributed by atoms with Gasteiger partial charge in [0.2, 0.25) is 0 Å². The molecule has 70 valence electrons. The summed E-state index contributed by atoms with van der Waals surface area (Å²) in [5.41, 5.74) is 7.66. The van der Waals surface area contributed by atoms with E-state index in [1.165, 1.54) is 5.57 Å². The lowest BCUT2D eigenvalue weighted by atomic mass is 9.67. The Balaban J connectivity index is 2.41. The maximum atomic E-state index is 6.09. The standard InChI is InChI=1S/C12H17N/c1-9-6-7-12(2)10(8-9)4-3-5-11(12)13/h3-7,9,11H,8,13H2,1-2H3. The molecule has 0 bridgehead atoms. The summed E-state index contributed by atoms with van der Waals surface area (Å²) in [5, 5.41) is 0. The summed E-state index contributed by atoms with van der Waals surface area (Å²) in [6.07, 6.45) is 12.1. The van der Waals surface area contributed by atoms with Gasteiger partial charge in [0.05, 0.1) is 0 Å². The average molecular weight is 175 g/mol. The molecule has 2 N–H and O–H groups in total. The van der Waals surface area contributed by atoms with Crippen molar-refractivity contribution in [3.05, 3.63) is 36.0 Å². The van der Waals surface area contributed by atoms with Gasteiger partial charge in [0, 0.05) is 11.5 Å². The summed E-state index contributed by atoms with van der Waals surface area (Å²) in [4.78, 5) is 0. The molecule has 0 saturated heterocycles. The molecular weight excluding hydrogens is 158 g/mol. The van der Waals surface area contributed by atoms with Gasteiger partial charge in [-0.05, 0) is 12.3 Å². The van der Waals surface area contributed by atoms with Crippen molar-refractivity contribution in [3.63, 3.8) is 0 Å². The lowest BCUT2D eigenvalue weighted by molar-refractivity contribution is 0.401. The zero-order valence-corrected chi connectivity index (χ0v) is 8.33. The van der Waals surface area contributed by atoms with Gasteiger partial charge in [0.25, 0.3) is 0 Å². The first-order valence-electron chi connectivity index (χ1n) is 4.96. The van der Waals surface area contributed by atoms with Gasteiger partial charge in [-0.1, -0.05) is 49.8 Å². The number of hydrogen-bond donors (Lipinski definition) is 1. The van der Waals surface area contributed by atoms with Gasteiger partial charge in [-0.25, -0.2) is 0 Å². The lowest BCUT2D eigenvalue weighted by Gasteiger charge is -2.39. The number of rotatable bonds is 0. The second-order valence-corrected chi connectivity index (χ2v) is 4.43. The highest BCUT2D eigenvalue weighted by Crippen LogP contribution is 2.42. The maximum absolute atomic E-state index is 6.09. The van der Waals surface area contributed by atoms with Crippen LogP contribution in [-0.4, -0.2) is 6.04 Å². The molecule has 2 aliphatic rings. The molecule has 1 nitrogen and oxygen atoms in total. The Hall–Kier alpha value is -0.820. The average Bonchev–Trinajstić information content (AvgIpc) is 2.09. The minimum absolute atomic E-state index is 0.0846. The zero-order valence-electron chi connectivity index (χ0n) is 8.33. The first kappa shape index (κ1) is 8.76. The van der Waals surface area contributed by atoms with Crippen LogP contribution in [-0.2, 0) is 0 Å². The molecule has 0 aromatic rings. The summed E-state index contributed by atoms with van der Waals surface area (Å²) in [6, 6.07) is 0.149. The second kappa shape index (κ2) is 2.85. The van der Waals surface area contributed by atoms with Crippen LogP contribution in [0.3, 0.4) is 0 Å². The highest BCUT2D eigenvalue weighted by atomic mass is 14.7. The Labute approximate surface area is 80.0 Å². The van der Waals surface area contributed by atoms with Crippen LogP contribution in [0.15, 0.2) is 36.0 Å². The molecule has 0 radical (unpaired) electrons. The Morgan fingerprint density at radius 2 is 2.23 bits per heavy atom. The molecule has 0 fully saturated rings. The molecule has 2 rings (SSSR count). The van der Waals surface area contributed by atoms with E-state index in [1.807, 2.05) is 0 Å². The van der Waals surface area contributed by atoms with Gasteiger partial charge in [-0.3, -0.25) is 0 Å². The summed E-state index contributed by atoms with van der Waals surface area (Å²) in [6.45, 7) is 4.48. The first-order valence-corrected chi connectivity index (χ1v) is 4.96. The Bertz CT molecular complexity index is 298. The van der Waals surface area contributed by atoms with Crippen LogP contribution >= 0.6 is 0 Å². The zero-order chi connectivity index (χ0) is 9.47. The van der Waals surface area contributed by atoms with E-state index in [0.717, 1.165) is 6.42 Å². The largest absolute Gasteiger partial charge is 0.323 e. The minimum atomic E-state index is 0.0846. The topological polar surface area (TPSA) is 26.0 Å². The predicted molar refractivity (Wildman–Crippen MR) is 56.2 cm³/mol. The summed E-state index contributed by atoms with van der Waals surface area (Å²) >= 11 is 0. The number of nitrogens with two attached hydrogens (primary N) is 1. The number of fused-ring (bicyclic) bond motifs is 1. The Morgan fingerprint density at radius 1 is 1.46 bits per heavy atom. The van der Waals surface area contributed by atoms with E-state index >= 15 is 0 Å². The number of hydrogen-bond acceptors (Lipinski definition) is 1. The quantitative estimate of drug-likeness (QED) is 0.562. The normalized spacial score (nSPS) is 42.8. The third-order valence-corrected chi connectivity index (χ3v) is 3.31. The van der Waals surface area contributed by atoms with Crippen molar-refractivity contribution in [2.75, 3.05) is 0 Å². The fourth-order valence-corrected chi connectivity index (χ4v) is 2.17. The Morgan fingerprint density at radius 3 is 3.00 bits per heavy atom. The van der Waals surface area contributed by atoms with Crippen LogP contribution in [0.2, 0.25) is 0 Å². The van der Waals surface area contributed by atoms with Gasteiger partial charge in [0.1, 0.15) is 0 Å². The lowest BCUT2D eigenvalue weighted by Crippen LogP contribution is -2.41. The van der Waals surface area contributed by atoms with E-state index in [1.54, 1.807) is 0 Å². The van der Waals surface area contributed by atoms with Crippen molar-refractivity contribution in [1.82, 2.24) is 0 Å². The van der Waals surface area contributed by atoms with Crippen LogP contribution in [0, 0.1) is 11.3 Å². The molecule has 0 amide bonds. The van der Waals surface area contributed by atoms with Gasteiger partial charge >= 0.3 is 0 Å². The van der Waals surface area contributed by atoms with Gasteiger partial charge in [0.15, 0.2) is 0 Å². The molecule has 1 heteroatoms. The SMILES string of the molecule is CC1C=CC2(C)C(=CC=CC2N)C1. The van der Waals surface area contributed by atoms with Crippen molar-refractivity contribution in [2.24, 2.45) is 17.1 Å². The van der Waals surface area contributed by atoms with Crippen molar-refractivity contribution in [3.8, 4) is 0 Å². The molecule has 0 heterocycles. The molecule has 3 unspecified atom stereocenters. The molecule has 0 saturated carbocycles. The molecule has 3 atom stereocenters. The number of allylic oxidation sites excluding steroid dienone is 3. The van der Waals surface area contributed by atoms with Crippen LogP contribution in [0.1, 0.15) is 20.3 Å². The van der Waals surface area contributed by atoms with Crippen molar-refractivity contribution >= 4 is 0 Å². The Kier molecular flexibility index (Phi) is 1.92. The van der Waals surface area contributed by atoms with E-state index in [0.29, 0.717) is 5.92 Å². The second-order valence-electron chi connectivity index (χ2n) is 4.43. The molecule has 13 heavy (non-hydrogen) atoms. The monoisotopic (exact) mass is 175 g/mol. The van der Waals surface area contributed by atoms with Crippen molar-refractivity contribution in [1.29, 1.82) is 0 Å². The molecule has 0 spiro atoms. The smallest absolute Gasteiger partial charge is 0.0354 e. The molecule has 0 aromatic heterocycles. The minimum Gasteiger partial charge on any atom is -0.323 e. The maximum Gasteiger partial charge on any atom is 0.0354 e. The van der Waals surface area contributed by atoms with Gasteiger partial charge in [-0.2, -0.15) is 0 Å². The van der Waals surface area contributed by atoms with Crippen molar-refractivity contribution in [2.45, 2.75) is 26.3 Å². The van der Waals surface area contributed by atoms with Crippen LogP contribution in [0.4, 0.5) is 0 Å². The summed E-state index contributed by atoms with van der Waals surface area (Å²) < 4.78 is 0.